The molecule has 0 atom stereocenters. The first-order valence-electron chi connectivity index (χ1n) is 9.74. The molecule has 2 aromatic heterocycles. The van der Waals surface area contributed by atoms with Gasteiger partial charge in [0.05, 0.1) is 5.60 Å². The summed E-state index contributed by atoms with van der Waals surface area (Å²) in [5.74, 6) is 1.28. The highest BCUT2D eigenvalue weighted by Gasteiger charge is 2.39. The topological polar surface area (TPSA) is 80.2 Å². The lowest BCUT2D eigenvalue weighted by Gasteiger charge is -2.40. The van der Waals surface area contributed by atoms with Crippen molar-refractivity contribution in [3.63, 3.8) is 0 Å². The van der Waals surface area contributed by atoms with E-state index in [0.717, 1.165) is 63.2 Å². The number of fused-ring (bicyclic) bond motifs is 1. The summed E-state index contributed by atoms with van der Waals surface area (Å²) in [5, 5.41) is 2.90. The number of pyridine rings is 1. The molecule has 140 valence electrons. The maximum Gasteiger partial charge on any atom is 0.270 e. The molecule has 3 aliphatic heterocycles. The van der Waals surface area contributed by atoms with E-state index < -0.39 is 0 Å². The van der Waals surface area contributed by atoms with E-state index in [0.29, 0.717) is 23.8 Å². The number of carbonyl (C=O) groups excluding carboxylic acids is 1. The fraction of sp³-hybridized carbons (Fsp3) is 0.500. The van der Waals surface area contributed by atoms with E-state index in [1.165, 1.54) is 0 Å². The molecule has 0 aromatic carbocycles. The van der Waals surface area contributed by atoms with Crippen LogP contribution in [0.3, 0.4) is 0 Å². The van der Waals surface area contributed by atoms with E-state index in [1.807, 2.05) is 18.2 Å². The van der Waals surface area contributed by atoms with E-state index in [2.05, 4.69) is 20.2 Å². The zero-order valence-electron chi connectivity index (χ0n) is 15.3. The van der Waals surface area contributed by atoms with Gasteiger partial charge in [-0.15, -0.1) is 0 Å². The normalized spacial score (nSPS) is 21.2. The van der Waals surface area contributed by atoms with Crippen molar-refractivity contribution < 1.29 is 9.53 Å². The lowest BCUT2D eigenvalue weighted by molar-refractivity contribution is -0.0147. The Hall–Kier alpha value is -2.54. The minimum absolute atomic E-state index is 0.0603. The summed E-state index contributed by atoms with van der Waals surface area (Å²) in [7, 11) is 0. The number of aromatic nitrogens is 3. The number of ether oxygens (including phenoxy) is 1. The SMILES string of the molecule is O=C1NCCc2c1nc(-c1ccccn1)nc2N1CCC2(CCCO2)CC1. The fourth-order valence-corrected chi connectivity index (χ4v) is 4.42. The second-order valence-corrected chi connectivity index (χ2v) is 7.54. The molecule has 0 unspecified atom stereocenters. The summed E-state index contributed by atoms with van der Waals surface area (Å²) in [6.07, 6.45) is 6.82. The first kappa shape index (κ1) is 16.6. The average molecular weight is 365 g/mol. The zero-order valence-corrected chi connectivity index (χ0v) is 15.3. The number of hydrogen-bond donors (Lipinski definition) is 1. The van der Waals surface area contributed by atoms with Gasteiger partial charge in [-0.05, 0) is 44.2 Å². The van der Waals surface area contributed by atoms with Crippen molar-refractivity contribution in [2.75, 3.05) is 31.1 Å². The van der Waals surface area contributed by atoms with E-state index >= 15 is 0 Å². The Morgan fingerprint density at radius 3 is 2.78 bits per heavy atom. The Morgan fingerprint density at radius 1 is 1.15 bits per heavy atom. The van der Waals surface area contributed by atoms with Crippen LogP contribution in [-0.2, 0) is 11.2 Å². The number of nitrogens with one attached hydrogen (secondary N) is 1. The molecule has 1 N–H and O–H groups in total. The van der Waals surface area contributed by atoms with Crippen LogP contribution in [0.25, 0.3) is 11.5 Å². The molecule has 27 heavy (non-hydrogen) atoms. The minimum atomic E-state index is -0.121. The molecule has 1 spiro atoms. The van der Waals surface area contributed by atoms with Crippen LogP contribution in [0.4, 0.5) is 5.82 Å². The molecule has 1 amide bonds. The standard InChI is InChI=1S/C20H23N5O2/c26-19-16-14(5-10-22-19)18(24-17(23-16)15-4-1-2-9-21-15)25-11-7-20(8-12-25)6-3-13-27-20/h1-2,4,9H,3,5-8,10-13H2,(H,22,26). The summed E-state index contributed by atoms with van der Waals surface area (Å²) in [5.41, 5.74) is 2.20. The number of carbonyl (C=O) groups is 1. The van der Waals surface area contributed by atoms with Gasteiger partial charge in [-0.2, -0.15) is 0 Å². The fourth-order valence-electron chi connectivity index (χ4n) is 4.42. The highest BCUT2D eigenvalue weighted by molar-refractivity contribution is 5.96. The van der Waals surface area contributed by atoms with Crippen molar-refractivity contribution in [2.45, 2.75) is 37.7 Å². The van der Waals surface area contributed by atoms with Gasteiger partial charge in [-0.1, -0.05) is 6.07 Å². The second kappa shape index (κ2) is 6.56. The third-order valence-electron chi connectivity index (χ3n) is 5.91. The van der Waals surface area contributed by atoms with Gasteiger partial charge in [-0.25, -0.2) is 9.97 Å². The van der Waals surface area contributed by atoms with Crippen molar-refractivity contribution in [3.8, 4) is 11.5 Å². The number of piperidine rings is 1. The van der Waals surface area contributed by atoms with Gasteiger partial charge in [-0.3, -0.25) is 9.78 Å². The first-order chi connectivity index (χ1) is 13.2. The molecule has 2 saturated heterocycles. The molecule has 0 bridgehead atoms. The van der Waals surface area contributed by atoms with Gasteiger partial charge in [0, 0.05) is 38.0 Å². The van der Waals surface area contributed by atoms with E-state index in [1.54, 1.807) is 6.20 Å². The number of nitrogens with zero attached hydrogens (tertiary/aromatic N) is 4. The van der Waals surface area contributed by atoms with Crippen molar-refractivity contribution in [3.05, 3.63) is 35.7 Å². The van der Waals surface area contributed by atoms with Crippen LogP contribution >= 0.6 is 0 Å². The lowest BCUT2D eigenvalue weighted by Crippen LogP contribution is -2.45. The van der Waals surface area contributed by atoms with Gasteiger partial charge in [0.25, 0.3) is 5.91 Å². The van der Waals surface area contributed by atoms with Gasteiger partial charge < -0.3 is 15.0 Å². The number of anilines is 1. The number of hydrogen-bond acceptors (Lipinski definition) is 6. The van der Waals surface area contributed by atoms with Crippen LogP contribution in [0.15, 0.2) is 24.4 Å². The van der Waals surface area contributed by atoms with Crippen molar-refractivity contribution in [1.29, 1.82) is 0 Å². The van der Waals surface area contributed by atoms with Crippen LogP contribution in [0.1, 0.15) is 41.7 Å². The molecule has 7 nitrogen and oxygen atoms in total. The first-order valence-corrected chi connectivity index (χ1v) is 9.74. The predicted octanol–water partition coefficient (Wildman–Crippen LogP) is 1.97. The van der Waals surface area contributed by atoms with Crippen LogP contribution in [0, 0.1) is 0 Å². The smallest absolute Gasteiger partial charge is 0.270 e. The van der Waals surface area contributed by atoms with Gasteiger partial charge in [0.2, 0.25) is 0 Å². The molecule has 0 radical (unpaired) electrons. The molecule has 5 rings (SSSR count). The molecule has 3 aliphatic rings. The predicted molar refractivity (Wildman–Crippen MR) is 101 cm³/mol. The van der Waals surface area contributed by atoms with Crippen LogP contribution in [0.2, 0.25) is 0 Å². The van der Waals surface area contributed by atoms with Crippen molar-refractivity contribution >= 4 is 11.7 Å². The Kier molecular flexibility index (Phi) is 4.04. The Labute approximate surface area is 158 Å². The quantitative estimate of drug-likeness (QED) is 0.876. The van der Waals surface area contributed by atoms with Gasteiger partial charge in [0.15, 0.2) is 5.82 Å². The molecule has 5 heterocycles. The van der Waals surface area contributed by atoms with E-state index in [-0.39, 0.29) is 11.5 Å². The highest BCUT2D eigenvalue weighted by atomic mass is 16.5. The van der Waals surface area contributed by atoms with Crippen molar-refractivity contribution in [2.24, 2.45) is 0 Å². The summed E-state index contributed by atoms with van der Waals surface area (Å²) in [6.45, 7) is 3.30. The Balaban J connectivity index is 1.53. The maximum absolute atomic E-state index is 12.4. The van der Waals surface area contributed by atoms with E-state index in [9.17, 15) is 4.79 Å². The molecule has 0 saturated carbocycles. The van der Waals surface area contributed by atoms with Crippen molar-refractivity contribution in [1.82, 2.24) is 20.3 Å². The molecular weight excluding hydrogens is 342 g/mol. The third kappa shape index (κ3) is 2.96. The van der Waals surface area contributed by atoms with Gasteiger partial charge in [0.1, 0.15) is 17.2 Å². The molecule has 2 fully saturated rings. The van der Waals surface area contributed by atoms with Crippen LogP contribution in [-0.4, -0.2) is 52.7 Å². The van der Waals surface area contributed by atoms with E-state index in [4.69, 9.17) is 9.72 Å². The Morgan fingerprint density at radius 2 is 2.04 bits per heavy atom. The third-order valence-corrected chi connectivity index (χ3v) is 5.91. The average Bonchev–Trinajstić information content (AvgIpc) is 3.17. The maximum atomic E-state index is 12.4. The summed E-state index contributed by atoms with van der Waals surface area (Å²) < 4.78 is 6.05. The highest BCUT2D eigenvalue weighted by Crippen LogP contribution is 2.38. The Bertz CT molecular complexity index is 854. The van der Waals surface area contributed by atoms with Crippen LogP contribution in [0.5, 0.6) is 0 Å². The zero-order chi connectivity index (χ0) is 18.3. The summed E-state index contributed by atoms with van der Waals surface area (Å²) in [6, 6.07) is 5.65. The van der Waals surface area contributed by atoms with Gasteiger partial charge >= 0.3 is 0 Å². The van der Waals surface area contributed by atoms with Crippen LogP contribution < -0.4 is 10.2 Å². The molecule has 7 heteroatoms. The second-order valence-electron chi connectivity index (χ2n) is 7.54. The summed E-state index contributed by atoms with van der Waals surface area (Å²) >= 11 is 0. The molecular formula is C20H23N5O2. The monoisotopic (exact) mass is 365 g/mol. The summed E-state index contributed by atoms with van der Waals surface area (Å²) in [4.78, 5) is 28.5. The lowest BCUT2D eigenvalue weighted by atomic mass is 9.88. The number of rotatable bonds is 2. The largest absolute Gasteiger partial charge is 0.375 e. The minimum Gasteiger partial charge on any atom is -0.375 e. The molecule has 2 aromatic rings. The number of amides is 1. The molecule has 0 aliphatic carbocycles.